The molecule has 1 fully saturated rings. The number of rotatable bonds is 7. The lowest BCUT2D eigenvalue weighted by Gasteiger charge is -2.23. The van der Waals surface area contributed by atoms with Crippen LogP contribution < -0.4 is 10.1 Å². The standard InChI is InChI=1S/C18H23NO6S/c1-3-24-15-7-5-4-6-14(15)8-9-17(21)25-12-16(20)19-18(2)10-11-26(22,23)13-18/h4-9H,3,10-13H2,1-2H3,(H,19,20)/b9-8+/t18-/m0/s1. The highest BCUT2D eigenvalue weighted by atomic mass is 32.2. The molecule has 1 aliphatic rings. The first kappa shape index (κ1) is 20.0. The van der Waals surface area contributed by atoms with Gasteiger partial charge in [-0.25, -0.2) is 13.2 Å². The molecule has 1 heterocycles. The van der Waals surface area contributed by atoms with Crippen molar-refractivity contribution >= 4 is 27.8 Å². The molecule has 1 amide bonds. The van der Waals surface area contributed by atoms with Gasteiger partial charge in [-0.1, -0.05) is 18.2 Å². The molecule has 0 aromatic heterocycles. The summed E-state index contributed by atoms with van der Waals surface area (Å²) < 4.78 is 33.4. The van der Waals surface area contributed by atoms with Crippen LogP contribution in [0.4, 0.5) is 0 Å². The number of hydrogen-bond acceptors (Lipinski definition) is 6. The van der Waals surface area contributed by atoms with Crippen molar-refractivity contribution in [3.8, 4) is 5.75 Å². The predicted molar refractivity (Wildman–Crippen MR) is 97.4 cm³/mol. The van der Waals surface area contributed by atoms with E-state index in [2.05, 4.69) is 5.32 Å². The molecule has 142 valence electrons. The molecule has 1 aliphatic heterocycles. The molecule has 0 aliphatic carbocycles. The summed E-state index contributed by atoms with van der Waals surface area (Å²) in [4.78, 5) is 23.7. The van der Waals surface area contributed by atoms with E-state index in [0.717, 1.165) is 5.56 Å². The van der Waals surface area contributed by atoms with Gasteiger partial charge in [0.1, 0.15) is 5.75 Å². The van der Waals surface area contributed by atoms with Crippen LogP contribution in [0.2, 0.25) is 0 Å². The maximum Gasteiger partial charge on any atom is 0.331 e. The molecule has 1 aromatic rings. The number of esters is 1. The van der Waals surface area contributed by atoms with Gasteiger partial charge in [0, 0.05) is 11.6 Å². The van der Waals surface area contributed by atoms with Crippen molar-refractivity contribution in [3.05, 3.63) is 35.9 Å². The van der Waals surface area contributed by atoms with Gasteiger partial charge in [0.2, 0.25) is 0 Å². The zero-order valence-corrected chi connectivity index (χ0v) is 15.7. The monoisotopic (exact) mass is 381 g/mol. The van der Waals surface area contributed by atoms with E-state index in [1.54, 1.807) is 25.1 Å². The van der Waals surface area contributed by atoms with E-state index in [9.17, 15) is 18.0 Å². The number of nitrogens with one attached hydrogen (secondary N) is 1. The van der Waals surface area contributed by atoms with Gasteiger partial charge in [0.05, 0.1) is 23.7 Å². The maximum atomic E-state index is 11.9. The number of benzene rings is 1. The number of carbonyl (C=O) groups excluding carboxylic acids is 2. The third-order valence-corrected chi connectivity index (χ3v) is 5.81. The normalized spacial score (nSPS) is 21.5. The molecular formula is C18H23NO6S. The molecule has 26 heavy (non-hydrogen) atoms. The second-order valence-corrected chi connectivity index (χ2v) is 8.55. The highest BCUT2D eigenvalue weighted by Crippen LogP contribution is 2.22. The Morgan fingerprint density at radius 2 is 2.04 bits per heavy atom. The summed E-state index contributed by atoms with van der Waals surface area (Å²) in [6.07, 6.45) is 3.12. The zero-order valence-electron chi connectivity index (χ0n) is 14.9. The van der Waals surface area contributed by atoms with Crippen LogP contribution in [0.5, 0.6) is 5.75 Å². The topological polar surface area (TPSA) is 98.8 Å². The SMILES string of the molecule is CCOc1ccccc1/C=C/C(=O)OCC(=O)N[C@@]1(C)CCS(=O)(=O)C1. The summed E-state index contributed by atoms with van der Waals surface area (Å²) in [7, 11) is -3.12. The molecule has 8 heteroatoms. The van der Waals surface area contributed by atoms with Crippen molar-refractivity contribution in [1.29, 1.82) is 0 Å². The average molecular weight is 381 g/mol. The summed E-state index contributed by atoms with van der Waals surface area (Å²) >= 11 is 0. The lowest BCUT2D eigenvalue weighted by Crippen LogP contribution is -2.48. The van der Waals surface area contributed by atoms with Gasteiger partial charge in [-0.3, -0.25) is 4.79 Å². The Morgan fingerprint density at radius 1 is 1.31 bits per heavy atom. The average Bonchev–Trinajstić information content (AvgIpc) is 2.85. The van der Waals surface area contributed by atoms with Crippen molar-refractivity contribution in [2.75, 3.05) is 24.7 Å². The number of ether oxygens (including phenoxy) is 2. The number of sulfone groups is 1. The lowest BCUT2D eigenvalue weighted by atomic mass is 10.0. The molecule has 1 atom stereocenters. The van der Waals surface area contributed by atoms with E-state index in [4.69, 9.17) is 9.47 Å². The van der Waals surface area contributed by atoms with Crippen molar-refractivity contribution in [2.24, 2.45) is 0 Å². The van der Waals surface area contributed by atoms with Crippen LogP contribution in [0.3, 0.4) is 0 Å². The number of hydrogen-bond donors (Lipinski definition) is 1. The van der Waals surface area contributed by atoms with Gasteiger partial charge >= 0.3 is 5.97 Å². The van der Waals surface area contributed by atoms with E-state index in [1.165, 1.54) is 6.08 Å². The first-order chi connectivity index (χ1) is 12.2. The molecule has 1 aromatic carbocycles. The maximum absolute atomic E-state index is 11.9. The van der Waals surface area contributed by atoms with Crippen LogP contribution in [-0.4, -0.2) is 50.6 Å². The van der Waals surface area contributed by atoms with Gasteiger partial charge in [-0.05, 0) is 32.4 Å². The fourth-order valence-corrected chi connectivity index (χ4v) is 4.82. The quantitative estimate of drug-likeness (QED) is 0.565. The third-order valence-electron chi connectivity index (χ3n) is 3.91. The molecule has 7 nitrogen and oxygen atoms in total. The Balaban J connectivity index is 1.84. The minimum atomic E-state index is -3.12. The van der Waals surface area contributed by atoms with E-state index < -0.39 is 33.9 Å². The van der Waals surface area contributed by atoms with E-state index >= 15 is 0 Å². The predicted octanol–water partition coefficient (Wildman–Crippen LogP) is 1.34. The van der Waals surface area contributed by atoms with Gasteiger partial charge in [0.15, 0.2) is 16.4 Å². The van der Waals surface area contributed by atoms with E-state index in [1.807, 2.05) is 19.1 Å². The van der Waals surface area contributed by atoms with Gasteiger partial charge in [-0.15, -0.1) is 0 Å². The number of para-hydroxylation sites is 1. The summed E-state index contributed by atoms with van der Waals surface area (Å²) in [6.45, 7) is 3.57. The molecule has 1 N–H and O–H groups in total. The van der Waals surface area contributed by atoms with Crippen molar-refractivity contribution in [1.82, 2.24) is 5.32 Å². The largest absolute Gasteiger partial charge is 0.493 e. The van der Waals surface area contributed by atoms with Crippen molar-refractivity contribution in [2.45, 2.75) is 25.8 Å². The van der Waals surface area contributed by atoms with Crippen molar-refractivity contribution in [3.63, 3.8) is 0 Å². The minimum absolute atomic E-state index is 0.0472. The highest BCUT2D eigenvalue weighted by Gasteiger charge is 2.39. The van der Waals surface area contributed by atoms with Crippen LogP contribution in [0.15, 0.2) is 30.3 Å². The molecule has 1 saturated heterocycles. The van der Waals surface area contributed by atoms with E-state index in [0.29, 0.717) is 18.8 Å². The Kier molecular flexibility index (Phi) is 6.42. The van der Waals surface area contributed by atoms with Crippen LogP contribution in [0.25, 0.3) is 6.08 Å². The van der Waals surface area contributed by atoms with Gasteiger partial charge < -0.3 is 14.8 Å². The van der Waals surface area contributed by atoms with Gasteiger partial charge in [-0.2, -0.15) is 0 Å². The van der Waals surface area contributed by atoms with E-state index in [-0.39, 0.29) is 11.5 Å². The number of amides is 1. The fraction of sp³-hybridized carbons (Fsp3) is 0.444. The lowest BCUT2D eigenvalue weighted by molar-refractivity contribution is -0.144. The molecule has 0 radical (unpaired) electrons. The number of carbonyl (C=O) groups is 2. The second-order valence-electron chi connectivity index (χ2n) is 6.36. The summed E-state index contributed by atoms with van der Waals surface area (Å²) in [5, 5.41) is 2.63. The Hall–Kier alpha value is -2.35. The van der Waals surface area contributed by atoms with Crippen LogP contribution >= 0.6 is 0 Å². The van der Waals surface area contributed by atoms with Gasteiger partial charge in [0.25, 0.3) is 5.91 Å². The Morgan fingerprint density at radius 3 is 2.69 bits per heavy atom. The summed E-state index contributed by atoms with van der Waals surface area (Å²) in [5.41, 5.74) is -0.0892. The Labute approximate surface area is 153 Å². The smallest absolute Gasteiger partial charge is 0.331 e. The first-order valence-electron chi connectivity index (χ1n) is 8.31. The highest BCUT2D eigenvalue weighted by molar-refractivity contribution is 7.91. The van der Waals surface area contributed by atoms with Crippen molar-refractivity contribution < 1.29 is 27.5 Å². The van der Waals surface area contributed by atoms with Crippen LogP contribution in [-0.2, 0) is 24.2 Å². The second kappa shape index (κ2) is 8.35. The third kappa shape index (κ3) is 5.87. The molecule has 2 rings (SSSR count). The molecule has 0 spiro atoms. The first-order valence-corrected chi connectivity index (χ1v) is 10.1. The van der Waals surface area contributed by atoms with Crippen LogP contribution in [0, 0.1) is 0 Å². The summed E-state index contributed by atoms with van der Waals surface area (Å²) in [5.74, 6) is -0.608. The van der Waals surface area contributed by atoms with Crippen LogP contribution in [0.1, 0.15) is 25.8 Å². The molecule has 0 bridgehead atoms. The minimum Gasteiger partial charge on any atom is -0.493 e. The Bertz CT molecular complexity index is 802. The molecule has 0 unspecified atom stereocenters. The molecular weight excluding hydrogens is 358 g/mol. The molecule has 0 saturated carbocycles. The zero-order chi connectivity index (χ0) is 19.2. The summed E-state index contributed by atoms with van der Waals surface area (Å²) in [6, 6.07) is 7.23. The fourth-order valence-electron chi connectivity index (χ4n) is 2.73.